The molecule has 1 amide bonds. The lowest BCUT2D eigenvalue weighted by atomic mass is 10.2. The van der Waals surface area contributed by atoms with E-state index in [0.29, 0.717) is 6.54 Å². The number of benzene rings is 1. The quantitative estimate of drug-likeness (QED) is 0.780. The minimum Gasteiger partial charge on any atom is -0.495 e. The van der Waals surface area contributed by atoms with Gasteiger partial charge in [0.25, 0.3) is 5.91 Å². The Morgan fingerprint density at radius 2 is 1.88 bits per heavy atom. The Balaban J connectivity index is 2.24. The first-order valence-electron chi connectivity index (χ1n) is 7.71. The van der Waals surface area contributed by atoms with E-state index < -0.39 is 10.0 Å². The van der Waals surface area contributed by atoms with Crippen LogP contribution in [0.1, 0.15) is 29.8 Å². The SMILES string of the molecule is COc1ccc(C(=O)NCc2ccncc2)cc1S(=O)(=O)NC(C)C. The van der Waals surface area contributed by atoms with Gasteiger partial charge in [-0.05, 0) is 49.7 Å². The molecule has 1 aromatic heterocycles. The maximum absolute atomic E-state index is 12.4. The van der Waals surface area contributed by atoms with Crippen LogP contribution in [0.3, 0.4) is 0 Å². The number of carbonyl (C=O) groups is 1. The van der Waals surface area contributed by atoms with E-state index >= 15 is 0 Å². The first-order valence-corrected chi connectivity index (χ1v) is 9.19. The van der Waals surface area contributed by atoms with Crippen LogP contribution in [0.15, 0.2) is 47.6 Å². The predicted molar refractivity (Wildman–Crippen MR) is 93.9 cm³/mol. The number of pyridine rings is 1. The standard InChI is InChI=1S/C17H21N3O4S/c1-12(2)20-25(22,23)16-10-14(4-5-15(16)24-3)17(21)19-11-13-6-8-18-9-7-13/h4-10,12,20H,11H2,1-3H3,(H,19,21). The molecule has 0 saturated heterocycles. The molecule has 0 unspecified atom stereocenters. The minimum atomic E-state index is -3.79. The normalized spacial score (nSPS) is 11.4. The molecule has 0 aliphatic rings. The van der Waals surface area contributed by atoms with E-state index in [-0.39, 0.29) is 28.2 Å². The zero-order chi connectivity index (χ0) is 18.4. The van der Waals surface area contributed by atoms with Crippen molar-refractivity contribution in [2.24, 2.45) is 0 Å². The van der Waals surface area contributed by atoms with Crippen molar-refractivity contribution in [3.05, 3.63) is 53.9 Å². The van der Waals surface area contributed by atoms with Crippen molar-refractivity contribution >= 4 is 15.9 Å². The molecule has 1 heterocycles. The lowest BCUT2D eigenvalue weighted by molar-refractivity contribution is 0.0950. The number of aromatic nitrogens is 1. The monoisotopic (exact) mass is 363 g/mol. The second-order valence-electron chi connectivity index (χ2n) is 5.68. The van der Waals surface area contributed by atoms with Gasteiger partial charge in [-0.1, -0.05) is 0 Å². The van der Waals surface area contributed by atoms with Gasteiger partial charge in [-0.2, -0.15) is 0 Å². The fourth-order valence-corrected chi connectivity index (χ4v) is 3.63. The van der Waals surface area contributed by atoms with Crippen LogP contribution in [0.25, 0.3) is 0 Å². The van der Waals surface area contributed by atoms with Gasteiger partial charge >= 0.3 is 0 Å². The molecule has 0 radical (unpaired) electrons. The maximum atomic E-state index is 12.4. The molecule has 0 atom stereocenters. The average molecular weight is 363 g/mol. The number of hydrogen-bond donors (Lipinski definition) is 2. The summed E-state index contributed by atoms with van der Waals surface area (Å²) in [4.78, 5) is 16.2. The highest BCUT2D eigenvalue weighted by Crippen LogP contribution is 2.25. The number of amides is 1. The summed E-state index contributed by atoms with van der Waals surface area (Å²) in [7, 11) is -2.41. The Labute approximate surface area is 147 Å². The highest BCUT2D eigenvalue weighted by atomic mass is 32.2. The molecule has 1 aromatic carbocycles. The molecule has 0 spiro atoms. The molecule has 0 fully saturated rings. The van der Waals surface area contributed by atoms with Gasteiger partial charge in [0.1, 0.15) is 10.6 Å². The van der Waals surface area contributed by atoms with Crippen molar-refractivity contribution in [1.82, 2.24) is 15.0 Å². The minimum absolute atomic E-state index is 0.0692. The summed E-state index contributed by atoms with van der Waals surface area (Å²) < 4.78 is 32.5. The second-order valence-corrected chi connectivity index (χ2v) is 7.36. The van der Waals surface area contributed by atoms with Crippen molar-refractivity contribution in [1.29, 1.82) is 0 Å². The van der Waals surface area contributed by atoms with Crippen molar-refractivity contribution < 1.29 is 17.9 Å². The molecular formula is C17H21N3O4S. The fraction of sp³-hybridized carbons (Fsp3) is 0.294. The molecule has 0 aliphatic heterocycles. The van der Waals surface area contributed by atoms with E-state index in [1.54, 1.807) is 38.4 Å². The number of sulfonamides is 1. The molecule has 0 aliphatic carbocycles. The topological polar surface area (TPSA) is 97.4 Å². The smallest absolute Gasteiger partial charge is 0.251 e. The molecule has 134 valence electrons. The van der Waals surface area contributed by atoms with Crippen LogP contribution < -0.4 is 14.8 Å². The number of ether oxygens (including phenoxy) is 1. The highest BCUT2D eigenvalue weighted by Gasteiger charge is 2.22. The molecule has 2 rings (SSSR count). The molecule has 0 bridgehead atoms. The van der Waals surface area contributed by atoms with Crippen molar-refractivity contribution in [3.63, 3.8) is 0 Å². The van der Waals surface area contributed by atoms with Crippen LogP contribution in [0.2, 0.25) is 0 Å². The summed E-state index contributed by atoms with van der Waals surface area (Å²) in [5.41, 5.74) is 1.13. The summed E-state index contributed by atoms with van der Waals surface area (Å²) in [6.45, 7) is 3.75. The summed E-state index contributed by atoms with van der Waals surface area (Å²) in [5.74, 6) is -0.195. The Bertz CT molecular complexity index is 836. The molecule has 25 heavy (non-hydrogen) atoms. The highest BCUT2D eigenvalue weighted by molar-refractivity contribution is 7.89. The fourth-order valence-electron chi connectivity index (χ4n) is 2.19. The Morgan fingerprint density at radius 3 is 2.48 bits per heavy atom. The number of methoxy groups -OCH3 is 1. The summed E-state index contributed by atoms with van der Waals surface area (Å²) in [6.07, 6.45) is 3.27. The summed E-state index contributed by atoms with van der Waals surface area (Å²) in [5, 5.41) is 2.75. The van der Waals surface area contributed by atoms with Gasteiger partial charge in [0.15, 0.2) is 0 Å². The second kappa shape index (κ2) is 8.09. The number of carbonyl (C=O) groups excluding carboxylic acids is 1. The third kappa shape index (κ3) is 5.01. The van der Waals surface area contributed by atoms with Crippen LogP contribution in [-0.2, 0) is 16.6 Å². The predicted octanol–water partition coefficient (Wildman–Crippen LogP) is 1.71. The molecule has 7 nitrogen and oxygen atoms in total. The van der Waals surface area contributed by atoms with Crippen molar-refractivity contribution in [2.75, 3.05) is 7.11 Å². The van der Waals surface area contributed by atoms with Gasteiger partial charge in [-0.15, -0.1) is 0 Å². The number of hydrogen-bond acceptors (Lipinski definition) is 5. The molecule has 8 heteroatoms. The third-order valence-electron chi connectivity index (χ3n) is 3.31. The molecular weight excluding hydrogens is 342 g/mol. The van der Waals surface area contributed by atoms with Crippen molar-refractivity contribution in [2.45, 2.75) is 31.3 Å². The van der Waals surface area contributed by atoms with Crippen molar-refractivity contribution in [3.8, 4) is 5.75 Å². The van der Waals surface area contributed by atoms with Gasteiger partial charge in [0.2, 0.25) is 10.0 Å². The Hall–Kier alpha value is -2.45. The van der Waals surface area contributed by atoms with E-state index in [1.165, 1.54) is 25.3 Å². The van der Waals surface area contributed by atoms with Crippen LogP contribution in [-0.4, -0.2) is 32.5 Å². The van der Waals surface area contributed by atoms with E-state index in [9.17, 15) is 13.2 Å². The zero-order valence-corrected chi connectivity index (χ0v) is 15.1. The van der Waals surface area contributed by atoms with Crippen LogP contribution in [0.5, 0.6) is 5.75 Å². The molecule has 2 aromatic rings. The summed E-state index contributed by atoms with van der Waals surface area (Å²) in [6, 6.07) is 7.60. The Kier molecular flexibility index (Phi) is 6.11. The molecule has 0 saturated carbocycles. The van der Waals surface area contributed by atoms with E-state index in [0.717, 1.165) is 5.56 Å². The van der Waals surface area contributed by atoms with E-state index in [1.807, 2.05) is 0 Å². The lowest BCUT2D eigenvalue weighted by Gasteiger charge is -2.14. The van der Waals surface area contributed by atoms with Gasteiger partial charge in [0.05, 0.1) is 7.11 Å². The maximum Gasteiger partial charge on any atom is 0.251 e. The number of nitrogens with zero attached hydrogens (tertiary/aromatic N) is 1. The first-order chi connectivity index (χ1) is 11.8. The average Bonchev–Trinajstić information content (AvgIpc) is 2.59. The van der Waals surface area contributed by atoms with Gasteiger partial charge in [-0.25, -0.2) is 13.1 Å². The third-order valence-corrected chi connectivity index (χ3v) is 4.99. The first kappa shape index (κ1) is 18.9. The van der Waals surface area contributed by atoms with E-state index in [2.05, 4.69) is 15.0 Å². The number of nitrogens with one attached hydrogen (secondary N) is 2. The summed E-state index contributed by atoms with van der Waals surface area (Å²) >= 11 is 0. The van der Waals surface area contributed by atoms with Gasteiger partial charge in [0, 0.05) is 30.5 Å². The molecule has 2 N–H and O–H groups in total. The Morgan fingerprint density at radius 1 is 1.20 bits per heavy atom. The van der Waals surface area contributed by atoms with Crippen LogP contribution >= 0.6 is 0 Å². The van der Waals surface area contributed by atoms with E-state index in [4.69, 9.17) is 4.74 Å². The van der Waals surface area contributed by atoms with Crippen LogP contribution in [0.4, 0.5) is 0 Å². The lowest BCUT2D eigenvalue weighted by Crippen LogP contribution is -2.31. The largest absolute Gasteiger partial charge is 0.495 e. The zero-order valence-electron chi connectivity index (χ0n) is 14.3. The van der Waals surface area contributed by atoms with Gasteiger partial charge < -0.3 is 10.1 Å². The van der Waals surface area contributed by atoms with Crippen LogP contribution in [0, 0.1) is 0 Å². The number of rotatable bonds is 7. The van der Waals surface area contributed by atoms with Gasteiger partial charge in [-0.3, -0.25) is 9.78 Å².